The van der Waals surface area contributed by atoms with Gasteiger partial charge in [0.1, 0.15) is 6.61 Å². The predicted molar refractivity (Wildman–Crippen MR) is 62.0 cm³/mol. The van der Waals surface area contributed by atoms with Crippen molar-refractivity contribution in [3.63, 3.8) is 0 Å². The molecule has 1 fully saturated rings. The van der Waals surface area contributed by atoms with Crippen molar-refractivity contribution in [3.8, 4) is 11.5 Å². The summed E-state index contributed by atoms with van der Waals surface area (Å²) in [7, 11) is 0. The SMILES string of the molecule is Cl.NC1(COc2ccccc2OC(F)(F)F)CC1. The van der Waals surface area contributed by atoms with Crippen molar-refractivity contribution < 1.29 is 22.6 Å². The number of hydrogen-bond donors (Lipinski definition) is 1. The summed E-state index contributed by atoms with van der Waals surface area (Å²) in [6.45, 7) is 0.200. The van der Waals surface area contributed by atoms with Crippen LogP contribution >= 0.6 is 12.4 Å². The molecule has 1 aromatic carbocycles. The van der Waals surface area contributed by atoms with Crippen molar-refractivity contribution in [2.24, 2.45) is 5.73 Å². The van der Waals surface area contributed by atoms with Gasteiger partial charge in [-0.3, -0.25) is 0 Å². The molecule has 18 heavy (non-hydrogen) atoms. The van der Waals surface area contributed by atoms with Crippen molar-refractivity contribution in [3.05, 3.63) is 24.3 Å². The van der Waals surface area contributed by atoms with Crippen molar-refractivity contribution >= 4 is 12.4 Å². The fourth-order valence-corrected chi connectivity index (χ4v) is 1.30. The Balaban J connectivity index is 0.00000162. The third kappa shape index (κ3) is 4.27. The van der Waals surface area contributed by atoms with E-state index in [1.807, 2.05) is 0 Å². The lowest BCUT2D eigenvalue weighted by atomic mass is 10.3. The first-order valence-corrected chi connectivity index (χ1v) is 5.14. The molecule has 0 atom stereocenters. The van der Waals surface area contributed by atoms with Crippen LogP contribution < -0.4 is 15.2 Å². The molecule has 0 radical (unpaired) electrons. The summed E-state index contributed by atoms with van der Waals surface area (Å²) in [5, 5.41) is 0. The van der Waals surface area contributed by atoms with Crippen molar-refractivity contribution in [1.29, 1.82) is 0 Å². The van der Waals surface area contributed by atoms with Gasteiger partial charge in [0.15, 0.2) is 11.5 Å². The van der Waals surface area contributed by atoms with Gasteiger partial charge < -0.3 is 15.2 Å². The summed E-state index contributed by atoms with van der Waals surface area (Å²) in [5.41, 5.74) is 5.40. The van der Waals surface area contributed by atoms with Gasteiger partial charge in [0.25, 0.3) is 0 Å². The first kappa shape index (κ1) is 14.9. The first-order valence-electron chi connectivity index (χ1n) is 5.14. The van der Waals surface area contributed by atoms with Crippen LogP contribution in [0.3, 0.4) is 0 Å². The highest BCUT2D eigenvalue weighted by atomic mass is 35.5. The van der Waals surface area contributed by atoms with E-state index in [-0.39, 0.29) is 36.1 Å². The fraction of sp³-hybridized carbons (Fsp3) is 0.455. The molecule has 0 saturated heterocycles. The van der Waals surface area contributed by atoms with E-state index in [1.54, 1.807) is 6.07 Å². The van der Waals surface area contributed by atoms with Crippen LogP contribution in [-0.4, -0.2) is 18.5 Å². The molecule has 7 heteroatoms. The van der Waals surface area contributed by atoms with Gasteiger partial charge in [0, 0.05) is 0 Å². The Labute approximate surface area is 108 Å². The van der Waals surface area contributed by atoms with Crippen LogP contribution in [0.25, 0.3) is 0 Å². The maximum atomic E-state index is 12.1. The van der Waals surface area contributed by atoms with Gasteiger partial charge in [-0.25, -0.2) is 0 Å². The number of alkyl halides is 3. The molecule has 0 aromatic heterocycles. The number of para-hydroxylation sites is 2. The zero-order valence-electron chi connectivity index (χ0n) is 9.37. The molecule has 1 saturated carbocycles. The van der Waals surface area contributed by atoms with Gasteiger partial charge in [-0.1, -0.05) is 12.1 Å². The maximum Gasteiger partial charge on any atom is 0.573 e. The number of benzene rings is 1. The predicted octanol–water partition coefficient (Wildman–Crippen LogP) is 2.88. The first-order chi connectivity index (χ1) is 7.88. The van der Waals surface area contributed by atoms with Crippen LogP contribution in [0.1, 0.15) is 12.8 Å². The molecule has 102 valence electrons. The summed E-state index contributed by atoms with van der Waals surface area (Å²) in [5.74, 6) is -0.286. The summed E-state index contributed by atoms with van der Waals surface area (Å²) in [4.78, 5) is 0. The lowest BCUT2D eigenvalue weighted by molar-refractivity contribution is -0.275. The fourth-order valence-electron chi connectivity index (χ4n) is 1.30. The number of hydrogen-bond acceptors (Lipinski definition) is 3. The van der Waals surface area contributed by atoms with Crippen LogP contribution in [0.2, 0.25) is 0 Å². The van der Waals surface area contributed by atoms with Crippen molar-refractivity contribution in [2.45, 2.75) is 24.7 Å². The Morgan fingerprint density at radius 2 is 1.72 bits per heavy atom. The second kappa shape index (κ2) is 5.24. The van der Waals surface area contributed by atoms with Gasteiger partial charge in [0.05, 0.1) is 5.54 Å². The van der Waals surface area contributed by atoms with E-state index in [4.69, 9.17) is 10.5 Å². The quantitative estimate of drug-likeness (QED) is 0.924. The molecule has 0 aliphatic heterocycles. The highest BCUT2D eigenvalue weighted by Crippen LogP contribution is 2.36. The third-order valence-electron chi connectivity index (χ3n) is 2.48. The summed E-state index contributed by atoms with van der Waals surface area (Å²) in [6, 6.07) is 5.66. The average molecular weight is 284 g/mol. The van der Waals surface area contributed by atoms with E-state index in [1.165, 1.54) is 18.2 Å². The Morgan fingerprint density at radius 3 is 2.22 bits per heavy atom. The maximum absolute atomic E-state index is 12.1. The second-order valence-corrected chi connectivity index (χ2v) is 4.15. The molecular formula is C11H13ClF3NO2. The van der Waals surface area contributed by atoms with Crippen LogP contribution in [0.15, 0.2) is 24.3 Å². The van der Waals surface area contributed by atoms with Crippen molar-refractivity contribution in [1.82, 2.24) is 0 Å². The van der Waals surface area contributed by atoms with Gasteiger partial charge in [-0.15, -0.1) is 25.6 Å². The molecule has 1 aliphatic rings. The topological polar surface area (TPSA) is 44.5 Å². The van der Waals surface area contributed by atoms with E-state index in [0.717, 1.165) is 12.8 Å². The lowest BCUT2D eigenvalue weighted by Gasteiger charge is -2.15. The zero-order valence-corrected chi connectivity index (χ0v) is 10.2. The smallest absolute Gasteiger partial charge is 0.488 e. The van der Waals surface area contributed by atoms with Gasteiger partial charge in [0.2, 0.25) is 0 Å². The van der Waals surface area contributed by atoms with Crippen molar-refractivity contribution in [2.75, 3.05) is 6.61 Å². The molecule has 0 heterocycles. The molecule has 1 aliphatic carbocycles. The van der Waals surface area contributed by atoms with Gasteiger partial charge in [-0.05, 0) is 25.0 Å². The minimum absolute atomic E-state index is 0. The third-order valence-corrected chi connectivity index (χ3v) is 2.48. The Kier molecular flexibility index (Phi) is 4.34. The van der Waals surface area contributed by atoms with E-state index >= 15 is 0 Å². The second-order valence-electron chi connectivity index (χ2n) is 4.15. The average Bonchev–Trinajstić information content (AvgIpc) is 2.94. The molecule has 0 bridgehead atoms. The number of rotatable bonds is 4. The van der Waals surface area contributed by atoms with Crippen LogP contribution in [0, 0.1) is 0 Å². The molecule has 2 N–H and O–H groups in total. The summed E-state index contributed by atoms with van der Waals surface area (Å²) < 4.78 is 45.4. The highest BCUT2D eigenvalue weighted by Gasteiger charge is 2.39. The molecule has 1 aromatic rings. The molecule has 2 rings (SSSR count). The largest absolute Gasteiger partial charge is 0.573 e. The zero-order chi connectivity index (χ0) is 12.5. The molecule has 3 nitrogen and oxygen atoms in total. The number of ether oxygens (including phenoxy) is 2. The van der Waals surface area contributed by atoms with E-state index in [2.05, 4.69) is 4.74 Å². The van der Waals surface area contributed by atoms with Crippen LogP contribution in [0.4, 0.5) is 13.2 Å². The monoisotopic (exact) mass is 283 g/mol. The summed E-state index contributed by atoms with van der Waals surface area (Å²) in [6.07, 6.45) is -3.07. The van der Waals surface area contributed by atoms with E-state index in [0.29, 0.717) is 0 Å². The lowest BCUT2D eigenvalue weighted by Crippen LogP contribution is -2.30. The van der Waals surface area contributed by atoms with Gasteiger partial charge >= 0.3 is 6.36 Å². The van der Waals surface area contributed by atoms with E-state index in [9.17, 15) is 13.2 Å². The van der Waals surface area contributed by atoms with Gasteiger partial charge in [-0.2, -0.15) is 0 Å². The molecule has 0 amide bonds. The number of halogens is 4. The van der Waals surface area contributed by atoms with Crippen LogP contribution in [0.5, 0.6) is 11.5 Å². The van der Waals surface area contributed by atoms with E-state index < -0.39 is 6.36 Å². The summed E-state index contributed by atoms with van der Waals surface area (Å²) >= 11 is 0. The Bertz CT molecular complexity index is 408. The van der Waals surface area contributed by atoms with Crippen LogP contribution in [-0.2, 0) is 0 Å². The molecular weight excluding hydrogens is 271 g/mol. The highest BCUT2D eigenvalue weighted by molar-refractivity contribution is 5.85. The Morgan fingerprint density at radius 1 is 1.17 bits per heavy atom. The Hall–Kier alpha value is -1.14. The minimum atomic E-state index is -4.72. The number of nitrogens with two attached hydrogens (primary N) is 1. The minimum Gasteiger partial charge on any atom is -0.488 e. The molecule has 0 spiro atoms. The standard InChI is InChI=1S/C11H12F3NO2.ClH/c12-11(13,14)17-9-4-2-1-3-8(9)16-7-10(15)5-6-10;/h1-4H,5-7,15H2;1H. The molecule has 0 unspecified atom stereocenters. The normalized spacial score (nSPS) is 16.7.